The summed E-state index contributed by atoms with van der Waals surface area (Å²) in [6.45, 7) is 6.15. The van der Waals surface area contributed by atoms with Crippen molar-refractivity contribution in [3.63, 3.8) is 0 Å². The maximum absolute atomic E-state index is 11.5. The molecule has 1 aliphatic heterocycles. The molecule has 0 spiro atoms. The number of likely N-dealkylation sites (tertiary alicyclic amines) is 1. The highest BCUT2D eigenvalue weighted by Gasteiger charge is 2.15. The highest BCUT2D eigenvalue weighted by molar-refractivity contribution is 5.91. The van der Waals surface area contributed by atoms with Gasteiger partial charge in [-0.25, -0.2) is 0 Å². The van der Waals surface area contributed by atoms with E-state index in [1.54, 1.807) is 0 Å². The van der Waals surface area contributed by atoms with Crippen LogP contribution in [0.2, 0.25) is 0 Å². The predicted octanol–water partition coefficient (Wildman–Crippen LogP) is 0.266. The van der Waals surface area contributed by atoms with Crippen molar-refractivity contribution in [2.24, 2.45) is 5.92 Å². The number of carbonyl (C=O) groups is 1. The van der Waals surface area contributed by atoms with Crippen LogP contribution in [0.25, 0.3) is 0 Å². The molecule has 0 atom stereocenters. The lowest BCUT2D eigenvalue weighted by Crippen LogP contribution is -2.39. The van der Waals surface area contributed by atoms with Crippen molar-refractivity contribution in [3.05, 3.63) is 11.9 Å². The number of amides is 1. The zero-order valence-electron chi connectivity index (χ0n) is 10.1. The molecule has 94 valence electrons. The summed E-state index contributed by atoms with van der Waals surface area (Å²) in [5.41, 5.74) is 0.345. The largest absolute Gasteiger partial charge is 0.349 e. The van der Waals surface area contributed by atoms with Gasteiger partial charge in [0.25, 0.3) is 5.91 Å². The minimum atomic E-state index is -0.163. The van der Waals surface area contributed by atoms with Gasteiger partial charge in [-0.15, -0.1) is 0 Å². The first-order chi connectivity index (χ1) is 8.25. The number of carbonyl (C=O) groups excluding carboxylic acids is 1. The Bertz CT molecular complexity index is 343. The van der Waals surface area contributed by atoms with Crippen LogP contribution in [0.1, 0.15) is 30.3 Å². The molecule has 1 aromatic rings. The molecular weight excluding hydrogens is 218 g/mol. The molecule has 2 heterocycles. The number of hydrogen-bond acceptors (Lipinski definition) is 4. The van der Waals surface area contributed by atoms with Gasteiger partial charge in [0.2, 0.25) is 0 Å². The fraction of sp³-hybridized carbons (Fsp3) is 0.727. The minimum Gasteiger partial charge on any atom is -0.349 e. The highest BCUT2D eigenvalue weighted by Crippen LogP contribution is 2.14. The van der Waals surface area contributed by atoms with Gasteiger partial charge in [0.15, 0.2) is 5.69 Å². The van der Waals surface area contributed by atoms with Crippen LogP contribution in [0, 0.1) is 5.92 Å². The second-order valence-electron chi connectivity index (χ2n) is 4.64. The van der Waals surface area contributed by atoms with Gasteiger partial charge in [-0.3, -0.25) is 4.79 Å². The summed E-state index contributed by atoms with van der Waals surface area (Å²) in [6.07, 6.45) is 3.95. The van der Waals surface area contributed by atoms with Gasteiger partial charge in [0, 0.05) is 13.1 Å². The molecule has 6 heteroatoms. The van der Waals surface area contributed by atoms with E-state index in [1.165, 1.54) is 19.0 Å². The Labute approximate surface area is 101 Å². The maximum atomic E-state index is 11.5. The van der Waals surface area contributed by atoms with Gasteiger partial charge in [-0.2, -0.15) is 15.4 Å². The lowest BCUT2D eigenvalue weighted by atomic mass is 9.99. The summed E-state index contributed by atoms with van der Waals surface area (Å²) in [6, 6.07) is 0. The molecule has 0 radical (unpaired) electrons. The van der Waals surface area contributed by atoms with Crippen molar-refractivity contribution in [2.75, 3.05) is 26.2 Å². The molecule has 1 aromatic heterocycles. The number of piperidine rings is 1. The quantitative estimate of drug-likeness (QED) is 0.788. The summed E-state index contributed by atoms with van der Waals surface area (Å²) in [7, 11) is 0. The van der Waals surface area contributed by atoms with Crippen molar-refractivity contribution in [2.45, 2.75) is 19.8 Å². The topological polar surface area (TPSA) is 73.9 Å². The molecule has 6 nitrogen and oxygen atoms in total. The number of aromatic amines is 1. The normalized spacial score (nSPS) is 18.2. The molecule has 2 N–H and O–H groups in total. The van der Waals surface area contributed by atoms with E-state index in [-0.39, 0.29) is 5.91 Å². The molecule has 1 saturated heterocycles. The third kappa shape index (κ3) is 3.52. The predicted molar refractivity (Wildman–Crippen MR) is 63.6 cm³/mol. The van der Waals surface area contributed by atoms with Crippen molar-refractivity contribution in [1.29, 1.82) is 0 Å². The highest BCUT2D eigenvalue weighted by atomic mass is 16.1. The van der Waals surface area contributed by atoms with E-state index in [0.717, 1.165) is 25.6 Å². The Hall–Kier alpha value is -1.43. The van der Waals surface area contributed by atoms with Gasteiger partial charge in [0.05, 0.1) is 6.20 Å². The van der Waals surface area contributed by atoms with Crippen molar-refractivity contribution in [1.82, 2.24) is 25.6 Å². The van der Waals surface area contributed by atoms with Crippen LogP contribution in [0.15, 0.2) is 6.20 Å². The molecule has 0 aromatic carbocycles. The van der Waals surface area contributed by atoms with E-state index < -0.39 is 0 Å². The number of hydrogen-bond donors (Lipinski definition) is 2. The van der Waals surface area contributed by atoms with E-state index >= 15 is 0 Å². The van der Waals surface area contributed by atoms with Crippen molar-refractivity contribution >= 4 is 5.91 Å². The van der Waals surface area contributed by atoms with E-state index in [9.17, 15) is 4.79 Å². The first kappa shape index (κ1) is 12.0. The first-order valence-corrected chi connectivity index (χ1v) is 6.12. The Morgan fingerprint density at radius 2 is 2.35 bits per heavy atom. The number of H-pyrrole nitrogens is 1. The lowest BCUT2D eigenvalue weighted by molar-refractivity contribution is 0.0939. The number of aromatic nitrogens is 3. The fourth-order valence-corrected chi connectivity index (χ4v) is 2.01. The number of rotatable bonds is 4. The minimum absolute atomic E-state index is 0.163. The van der Waals surface area contributed by atoms with Crippen molar-refractivity contribution in [3.8, 4) is 0 Å². The van der Waals surface area contributed by atoms with Crippen LogP contribution in [-0.4, -0.2) is 52.4 Å². The number of nitrogens with zero attached hydrogens (tertiary/aromatic N) is 3. The molecule has 2 rings (SSSR count). The molecule has 0 unspecified atom stereocenters. The summed E-state index contributed by atoms with van der Waals surface area (Å²) < 4.78 is 0. The van der Waals surface area contributed by atoms with Gasteiger partial charge in [-0.1, -0.05) is 6.92 Å². The molecule has 0 saturated carbocycles. The smallest absolute Gasteiger partial charge is 0.273 e. The first-order valence-electron chi connectivity index (χ1n) is 6.12. The van der Waals surface area contributed by atoms with Crippen LogP contribution in [0.5, 0.6) is 0 Å². The van der Waals surface area contributed by atoms with Crippen LogP contribution in [0.3, 0.4) is 0 Å². The van der Waals surface area contributed by atoms with Gasteiger partial charge in [-0.05, 0) is 31.8 Å². The summed E-state index contributed by atoms with van der Waals surface area (Å²) >= 11 is 0. The van der Waals surface area contributed by atoms with Crippen LogP contribution >= 0.6 is 0 Å². The Balaban J connectivity index is 1.64. The molecule has 0 bridgehead atoms. The standard InChI is InChI=1S/C11H19N5O/c1-9-2-5-16(6-3-9)7-4-12-11(17)10-8-13-15-14-10/h8-9H,2-7H2,1H3,(H,12,17)(H,13,14,15). The van der Waals surface area contributed by atoms with Crippen LogP contribution in [-0.2, 0) is 0 Å². The Morgan fingerprint density at radius 3 is 3.00 bits per heavy atom. The zero-order valence-corrected chi connectivity index (χ0v) is 10.1. The zero-order chi connectivity index (χ0) is 12.1. The fourth-order valence-electron chi connectivity index (χ4n) is 2.01. The van der Waals surface area contributed by atoms with E-state index in [2.05, 4.69) is 32.6 Å². The van der Waals surface area contributed by atoms with Gasteiger partial charge < -0.3 is 10.2 Å². The Morgan fingerprint density at radius 1 is 1.59 bits per heavy atom. The van der Waals surface area contributed by atoms with Crippen LogP contribution < -0.4 is 5.32 Å². The lowest BCUT2D eigenvalue weighted by Gasteiger charge is -2.30. The molecule has 1 amide bonds. The third-order valence-corrected chi connectivity index (χ3v) is 3.24. The molecule has 0 aliphatic carbocycles. The van der Waals surface area contributed by atoms with Crippen molar-refractivity contribution < 1.29 is 4.79 Å². The Kier molecular flexibility index (Phi) is 4.08. The van der Waals surface area contributed by atoms with E-state index in [1.807, 2.05) is 0 Å². The van der Waals surface area contributed by atoms with Gasteiger partial charge in [0.1, 0.15) is 0 Å². The average Bonchev–Trinajstić information content (AvgIpc) is 2.85. The maximum Gasteiger partial charge on any atom is 0.273 e. The molecule has 1 fully saturated rings. The summed E-state index contributed by atoms with van der Waals surface area (Å²) in [4.78, 5) is 13.9. The third-order valence-electron chi connectivity index (χ3n) is 3.24. The SMILES string of the molecule is CC1CCN(CCNC(=O)c2cn[nH]n2)CC1. The molecule has 1 aliphatic rings. The number of nitrogens with one attached hydrogen (secondary N) is 2. The average molecular weight is 237 g/mol. The van der Waals surface area contributed by atoms with E-state index in [0.29, 0.717) is 12.2 Å². The second-order valence-corrected chi connectivity index (χ2v) is 4.64. The van der Waals surface area contributed by atoms with E-state index in [4.69, 9.17) is 0 Å². The molecule has 17 heavy (non-hydrogen) atoms. The monoisotopic (exact) mass is 237 g/mol. The second kappa shape index (κ2) is 5.77. The molecular formula is C11H19N5O. The van der Waals surface area contributed by atoms with Gasteiger partial charge >= 0.3 is 0 Å². The summed E-state index contributed by atoms with van der Waals surface area (Å²) in [5, 5.41) is 12.6. The van der Waals surface area contributed by atoms with Crippen LogP contribution in [0.4, 0.5) is 0 Å². The summed E-state index contributed by atoms with van der Waals surface area (Å²) in [5.74, 6) is 0.681.